The molecule has 0 fully saturated rings. The molecule has 1 rings (SSSR count). The molecule has 96 valence electrons. The second-order valence-corrected chi connectivity index (χ2v) is 3.73. The van der Waals surface area contributed by atoms with Crippen LogP contribution in [0.5, 0.6) is 0 Å². The molecule has 1 aromatic carbocycles. The molecule has 1 N–H and O–H groups in total. The van der Waals surface area contributed by atoms with Gasteiger partial charge >= 0.3 is 0 Å². The van der Waals surface area contributed by atoms with Gasteiger partial charge in [-0.25, -0.2) is 4.39 Å². The van der Waals surface area contributed by atoms with Crippen molar-refractivity contribution in [3.05, 3.63) is 35.6 Å². The van der Waals surface area contributed by atoms with Crippen molar-refractivity contribution in [1.82, 2.24) is 10.2 Å². The zero-order chi connectivity index (χ0) is 12.0. The van der Waals surface area contributed by atoms with Crippen LogP contribution in [-0.4, -0.2) is 31.4 Å². The van der Waals surface area contributed by atoms with Crippen LogP contribution in [0.4, 0.5) is 4.39 Å². The first-order valence-electron chi connectivity index (χ1n) is 5.26. The quantitative estimate of drug-likeness (QED) is 0.876. The molecule has 5 heteroatoms. The van der Waals surface area contributed by atoms with E-state index in [0.717, 1.165) is 5.56 Å². The lowest BCUT2D eigenvalue weighted by Gasteiger charge is -2.17. The first kappa shape index (κ1) is 15.9. The van der Waals surface area contributed by atoms with Crippen LogP contribution in [0.1, 0.15) is 12.0 Å². The predicted molar refractivity (Wildman–Crippen MR) is 68.7 cm³/mol. The van der Waals surface area contributed by atoms with E-state index in [-0.39, 0.29) is 24.1 Å². The zero-order valence-corrected chi connectivity index (χ0v) is 10.9. The first-order valence-corrected chi connectivity index (χ1v) is 5.26. The Labute approximate surface area is 107 Å². The molecule has 0 aliphatic rings. The van der Waals surface area contributed by atoms with Gasteiger partial charge < -0.3 is 10.2 Å². The number of carbonyl (C=O) groups excluding carboxylic acids is 1. The van der Waals surface area contributed by atoms with Gasteiger partial charge in [-0.2, -0.15) is 0 Å². The molecule has 3 nitrogen and oxygen atoms in total. The molecule has 0 aliphatic heterocycles. The molecular weight excluding hydrogens is 243 g/mol. The van der Waals surface area contributed by atoms with Crippen LogP contribution in [0.15, 0.2) is 24.3 Å². The molecule has 0 radical (unpaired) electrons. The second-order valence-electron chi connectivity index (χ2n) is 3.73. The highest BCUT2D eigenvalue weighted by atomic mass is 35.5. The molecule has 0 saturated heterocycles. The van der Waals surface area contributed by atoms with Gasteiger partial charge in [-0.15, -0.1) is 12.4 Å². The van der Waals surface area contributed by atoms with Gasteiger partial charge in [0.25, 0.3) is 0 Å². The van der Waals surface area contributed by atoms with Gasteiger partial charge in [0.1, 0.15) is 5.82 Å². The molecule has 0 bridgehead atoms. The molecule has 1 aromatic rings. The van der Waals surface area contributed by atoms with Gasteiger partial charge in [-0.1, -0.05) is 12.1 Å². The van der Waals surface area contributed by atoms with Crippen molar-refractivity contribution in [3.63, 3.8) is 0 Å². The summed E-state index contributed by atoms with van der Waals surface area (Å²) < 4.78 is 12.7. The van der Waals surface area contributed by atoms with Gasteiger partial charge in [0.2, 0.25) is 5.91 Å². The molecule has 0 aromatic heterocycles. The third-order valence-corrected chi connectivity index (χ3v) is 2.35. The number of rotatable bonds is 5. The minimum absolute atomic E-state index is 0. The van der Waals surface area contributed by atoms with Crippen LogP contribution < -0.4 is 5.32 Å². The van der Waals surface area contributed by atoms with Gasteiger partial charge in [0.15, 0.2) is 0 Å². The molecule has 0 unspecified atom stereocenters. The Hall–Kier alpha value is -1.13. The maximum atomic E-state index is 12.7. The molecule has 0 saturated carbocycles. The normalized spacial score (nSPS) is 9.59. The first-order chi connectivity index (χ1) is 7.63. The number of amides is 1. The van der Waals surface area contributed by atoms with Crippen molar-refractivity contribution in [3.8, 4) is 0 Å². The number of benzene rings is 1. The summed E-state index contributed by atoms with van der Waals surface area (Å²) in [5, 5.41) is 2.93. The smallest absolute Gasteiger partial charge is 0.223 e. The third kappa shape index (κ3) is 5.65. The van der Waals surface area contributed by atoms with Crippen LogP contribution in [0, 0.1) is 5.82 Å². The highest BCUT2D eigenvalue weighted by Gasteiger charge is 2.08. The zero-order valence-electron chi connectivity index (χ0n) is 10.1. The molecule has 0 atom stereocenters. The number of halogens is 2. The minimum atomic E-state index is -0.257. The van der Waals surface area contributed by atoms with Crippen molar-refractivity contribution in [2.75, 3.05) is 20.6 Å². The molecule has 0 heterocycles. The Kier molecular flexibility index (Phi) is 7.50. The topological polar surface area (TPSA) is 32.3 Å². The predicted octanol–water partition coefficient (Wildman–Crippen LogP) is 1.82. The lowest BCUT2D eigenvalue weighted by molar-refractivity contribution is -0.130. The monoisotopic (exact) mass is 260 g/mol. The Bertz CT molecular complexity index is 343. The fourth-order valence-electron chi connectivity index (χ4n) is 1.37. The van der Waals surface area contributed by atoms with E-state index < -0.39 is 0 Å². The van der Waals surface area contributed by atoms with Crippen LogP contribution in [0.3, 0.4) is 0 Å². The molecule has 1 amide bonds. The van der Waals surface area contributed by atoms with Crippen molar-refractivity contribution < 1.29 is 9.18 Å². The summed E-state index contributed by atoms with van der Waals surface area (Å²) in [6.45, 7) is 1.19. The fraction of sp³-hybridized carbons (Fsp3) is 0.417. The summed E-state index contributed by atoms with van der Waals surface area (Å²) in [7, 11) is 3.56. The van der Waals surface area contributed by atoms with Crippen molar-refractivity contribution in [2.24, 2.45) is 0 Å². The van der Waals surface area contributed by atoms with E-state index in [4.69, 9.17) is 0 Å². The highest BCUT2D eigenvalue weighted by Crippen LogP contribution is 2.06. The van der Waals surface area contributed by atoms with E-state index in [1.165, 1.54) is 12.1 Å². The largest absolute Gasteiger partial charge is 0.341 e. The summed E-state index contributed by atoms with van der Waals surface area (Å²) in [5.41, 5.74) is 0.932. The van der Waals surface area contributed by atoms with Gasteiger partial charge in [0.05, 0.1) is 0 Å². The van der Waals surface area contributed by atoms with Crippen molar-refractivity contribution in [1.29, 1.82) is 0 Å². The number of nitrogens with zero attached hydrogens (tertiary/aromatic N) is 1. The van der Waals surface area contributed by atoms with E-state index in [1.54, 1.807) is 24.1 Å². The number of nitrogens with one attached hydrogen (secondary N) is 1. The Balaban J connectivity index is 0.00000256. The van der Waals surface area contributed by atoms with E-state index in [1.807, 2.05) is 7.05 Å². The molecular formula is C12H18ClFN2O. The summed E-state index contributed by atoms with van der Waals surface area (Å²) >= 11 is 0. The standard InChI is InChI=1S/C12H17FN2O.ClH/c1-14-8-7-12(16)15(2)9-10-3-5-11(13)6-4-10;/h3-6,14H,7-9H2,1-2H3;1H. The average molecular weight is 261 g/mol. The number of hydrogen-bond donors (Lipinski definition) is 1. The van der Waals surface area contributed by atoms with E-state index >= 15 is 0 Å². The number of carbonyl (C=O) groups is 1. The molecule has 17 heavy (non-hydrogen) atoms. The van der Waals surface area contributed by atoms with Crippen LogP contribution in [0.2, 0.25) is 0 Å². The number of hydrogen-bond acceptors (Lipinski definition) is 2. The van der Waals surface area contributed by atoms with E-state index in [2.05, 4.69) is 5.32 Å². The van der Waals surface area contributed by atoms with Crippen LogP contribution in [0.25, 0.3) is 0 Å². The Morgan fingerprint density at radius 3 is 2.47 bits per heavy atom. The van der Waals surface area contributed by atoms with E-state index in [0.29, 0.717) is 19.5 Å². The maximum Gasteiger partial charge on any atom is 0.223 e. The van der Waals surface area contributed by atoms with Crippen LogP contribution >= 0.6 is 12.4 Å². The maximum absolute atomic E-state index is 12.7. The lowest BCUT2D eigenvalue weighted by Crippen LogP contribution is -2.28. The van der Waals surface area contributed by atoms with Crippen LogP contribution in [-0.2, 0) is 11.3 Å². The highest BCUT2D eigenvalue weighted by molar-refractivity contribution is 5.85. The SMILES string of the molecule is CNCCC(=O)N(C)Cc1ccc(F)cc1.Cl. The lowest BCUT2D eigenvalue weighted by atomic mass is 10.2. The second kappa shape index (κ2) is 8.03. The summed E-state index contributed by atoms with van der Waals surface area (Å²) in [6, 6.07) is 6.19. The summed E-state index contributed by atoms with van der Waals surface area (Å²) in [4.78, 5) is 13.2. The minimum Gasteiger partial charge on any atom is -0.341 e. The molecule has 0 aliphatic carbocycles. The van der Waals surface area contributed by atoms with Crippen molar-refractivity contribution in [2.45, 2.75) is 13.0 Å². The third-order valence-electron chi connectivity index (χ3n) is 2.35. The van der Waals surface area contributed by atoms with Gasteiger partial charge in [-0.3, -0.25) is 4.79 Å². The van der Waals surface area contributed by atoms with E-state index in [9.17, 15) is 9.18 Å². The molecule has 0 spiro atoms. The Morgan fingerprint density at radius 1 is 1.35 bits per heavy atom. The Morgan fingerprint density at radius 2 is 1.94 bits per heavy atom. The van der Waals surface area contributed by atoms with Gasteiger partial charge in [0, 0.05) is 26.6 Å². The van der Waals surface area contributed by atoms with Crippen molar-refractivity contribution >= 4 is 18.3 Å². The summed E-state index contributed by atoms with van der Waals surface area (Å²) in [5.74, 6) is -0.174. The van der Waals surface area contributed by atoms with Gasteiger partial charge in [-0.05, 0) is 24.7 Å². The fourth-order valence-corrected chi connectivity index (χ4v) is 1.37. The average Bonchev–Trinajstić information content (AvgIpc) is 2.29. The summed E-state index contributed by atoms with van der Waals surface area (Å²) in [6.07, 6.45) is 0.480.